The second kappa shape index (κ2) is 6.99. The van der Waals surface area contributed by atoms with Gasteiger partial charge in [0.25, 0.3) is 0 Å². The van der Waals surface area contributed by atoms with Gasteiger partial charge in [-0.25, -0.2) is 13.4 Å². The van der Waals surface area contributed by atoms with Crippen LogP contribution < -0.4 is 5.32 Å². The third-order valence-electron chi connectivity index (χ3n) is 4.54. The van der Waals surface area contributed by atoms with E-state index in [1.165, 1.54) is 15.6 Å². The van der Waals surface area contributed by atoms with Crippen LogP contribution in [-0.4, -0.2) is 41.2 Å². The zero-order valence-corrected chi connectivity index (χ0v) is 16.3. The van der Waals surface area contributed by atoms with Crippen LogP contribution in [0.3, 0.4) is 0 Å². The lowest BCUT2D eigenvalue weighted by Gasteiger charge is -2.23. The highest BCUT2D eigenvalue weighted by atomic mass is 32.2. The van der Waals surface area contributed by atoms with Gasteiger partial charge >= 0.3 is 0 Å². The van der Waals surface area contributed by atoms with Crippen molar-refractivity contribution < 1.29 is 13.2 Å². The summed E-state index contributed by atoms with van der Waals surface area (Å²) in [5, 5.41) is 5.80. The zero-order valence-electron chi connectivity index (χ0n) is 14.6. The molecule has 3 heterocycles. The van der Waals surface area contributed by atoms with Crippen molar-refractivity contribution in [2.45, 2.75) is 30.7 Å². The fraction of sp³-hybridized carbons (Fsp3) is 0.278. The number of benzene rings is 1. The Kier molecular flexibility index (Phi) is 4.67. The number of fused-ring (bicyclic) bond motifs is 1. The molecule has 0 radical (unpaired) electrons. The van der Waals surface area contributed by atoms with Gasteiger partial charge in [0.2, 0.25) is 15.9 Å². The average Bonchev–Trinajstić information content (AvgIpc) is 3.30. The molecule has 4 rings (SSSR count). The number of hydrogen-bond acceptors (Lipinski definition) is 6. The number of aromatic nitrogens is 2. The summed E-state index contributed by atoms with van der Waals surface area (Å²) < 4.78 is 27.9. The number of nitrogens with one attached hydrogen (secondary N) is 1. The molecule has 1 fully saturated rings. The van der Waals surface area contributed by atoms with E-state index in [2.05, 4.69) is 15.3 Å². The van der Waals surface area contributed by atoms with Crippen molar-refractivity contribution in [3.63, 3.8) is 0 Å². The van der Waals surface area contributed by atoms with Crippen LogP contribution in [0.25, 0.3) is 10.9 Å². The van der Waals surface area contributed by atoms with Crippen LogP contribution in [0, 0.1) is 6.92 Å². The van der Waals surface area contributed by atoms with E-state index >= 15 is 0 Å². The van der Waals surface area contributed by atoms with Crippen molar-refractivity contribution in [3.8, 4) is 0 Å². The van der Waals surface area contributed by atoms with Gasteiger partial charge in [0.05, 0.1) is 11.2 Å². The molecule has 0 saturated carbocycles. The average molecular weight is 403 g/mol. The summed E-state index contributed by atoms with van der Waals surface area (Å²) in [4.78, 5) is 21.3. The molecule has 1 saturated heterocycles. The third-order valence-corrected chi connectivity index (χ3v) is 7.35. The lowest BCUT2D eigenvalue weighted by molar-refractivity contribution is -0.119. The summed E-state index contributed by atoms with van der Waals surface area (Å²) in [5.41, 5.74) is 1.23. The SMILES string of the molecule is Cc1csc(NC(=O)C2CCCN2S(=O)(=O)c2cccc3cccnc23)n1. The first-order valence-electron chi connectivity index (χ1n) is 8.55. The fourth-order valence-electron chi connectivity index (χ4n) is 3.30. The third kappa shape index (κ3) is 3.33. The maximum absolute atomic E-state index is 13.3. The Morgan fingerprint density at radius 1 is 1.30 bits per heavy atom. The zero-order chi connectivity index (χ0) is 19.0. The molecule has 0 aliphatic carbocycles. The predicted octanol–water partition coefficient (Wildman–Crippen LogP) is 2.79. The summed E-state index contributed by atoms with van der Waals surface area (Å²) >= 11 is 1.32. The Morgan fingerprint density at radius 2 is 2.11 bits per heavy atom. The Balaban J connectivity index is 1.67. The Morgan fingerprint density at radius 3 is 2.89 bits per heavy atom. The molecule has 1 amide bonds. The number of rotatable bonds is 4. The van der Waals surface area contributed by atoms with Crippen LogP contribution >= 0.6 is 11.3 Å². The fourth-order valence-corrected chi connectivity index (χ4v) is 5.82. The molecular weight excluding hydrogens is 384 g/mol. The highest BCUT2D eigenvalue weighted by molar-refractivity contribution is 7.89. The topological polar surface area (TPSA) is 92.3 Å². The molecule has 1 aliphatic rings. The molecule has 1 atom stereocenters. The van der Waals surface area contributed by atoms with E-state index in [1.54, 1.807) is 24.4 Å². The van der Waals surface area contributed by atoms with Gasteiger partial charge in [-0.15, -0.1) is 11.3 Å². The van der Waals surface area contributed by atoms with E-state index in [1.807, 2.05) is 24.4 Å². The summed E-state index contributed by atoms with van der Waals surface area (Å²) in [6.07, 6.45) is 2.68. The standard InChI is InChI=1S/C18H18N4O3S2/c1-12-11-26-18(20-12)21-17(23)14-7-4-10-22(14)27(24,25)15-8-2-5-13-6-3-9-19-16(13)15/h2-3,5-6,8-9,11,14H,4,7,10H2,1H3,(H,20,21,23). The van der Waals surface area contributed by atoms with E-state index < -0.39 is 16.1 Å². The van der Waals surface area contributed by atoms with Crippen molar-refractivity contribution in [1.29, 1.82) is 0 Å². The molecule has 1 aliphatic heterocycles. The van der Waals surface area contributed by atoms with E-state index in [0.29, 0.717) is 30.0 Å². The molecule has 1 unspecified atom stereocenters. The number of sulfonamides is 1. The van der Waals surface area contributed by atoms with Crippen molar-refractivity contribution >= 4 is 43.3 Å². The van der Waals surface area contributed by atoms with Crippen molar-refractivity contribution in [2.75, 3.05) is 11.9 Å². The molecule has 9 heteroatoms. The quantitative estimate of drug-likeness (QED) is 0.724. The summed E-state index contributed by atoms with van der Waals surface area (Å²) in [6, 6.07) is 7.89. The second-order valence-corrected chi connectivity index (χ2v) is 9.11. The number of carbonyl (C=O) groups is 1. The van der Waals surface area contributed by atoms with E-state index in [-0.39, 0.29) is 10.8 Å². The minimum absolute atomic E-state index is 0.130. The molecule has 7 nitrogen and oxygen atoms in total. The summed E-state index contributed by atoms with van der Waals surface area (Å²) in [5.74, 6) is -0.348. The van der Waals surface area contributed by atoms with E-state index in [4.69, 9.17) is 0 Å². The molecule has 1 N–H and O–H groups in total. The summed E-state index contributed by atoms with van der Waals surface area (Å²) in [6.45, 7) is 2.15. The second-order valence-electron chi connectivity index (χ2n) is 6.39. The van der Waals surface area contributed by atoms with Gasteiger partial charge < -0.3 is 5.32 Å². The van der Waals surface area contributed by atoms with Crippen molar-refractivity contribution in [1.82, 2.24) is 14.3 Å². The van der Waals surface area contributed by atoms with Crippen LogP contribution in [0.5, 0.6) is 0 Å². The van der Waals surface area contributed by atoms with Gasteiger partial charge in [-0.2, -0.15) is 4.31 Å². The van der Waals surface area contributed by atoms with Crippen LogP contribution in [0.4, 0.5) is 5.13 Å². The lowest BCUT2D eigenvalue weighted by atomic mass is 10.2. The predicted molar refractivity (Wildman–Crippen MR) is 104 cm³/mol. The maximum atomic E-state index is 13.3. The normalized spacial score (nSPS) is 18.0. The largest absolute Gasteiger partial charge is 0.301 e. The Labute approximate surface area is 161 Å². The molecule has 3 aromatic rings. The van der Waals surface area contributed by atoms with E-state index in [0.717, 1.165) is 11.1 Å². The number of para-hydroxylation sites is 1. The summed E-state index contributed by atoms with van der Waals surface area (Å²) in [7, 11) is -3.85. The molecule has 0 spiro atoms. The molecule has 140 valence electrons. The smallest absolute Gasteiger partial charge is 0.245 e. The highest BCUT2D eigenvalue weighted by Crippen LogP contribution is 2.30. The molecule has 1 aromatic carbocycles. The molecule has 27 heavy (non-hydrogen) atoms. The maximum Gasteiger partial charge on any atom is 0.245 e. The van der Waals surface area contributed by atoms with Crippen LogP contribution in [0.2, 0.25) is 0 Å². The van der Waals surface area contributed by atoms with Crippen molar-refractivity contribution in [2.24, 2.45) is 0 Å². The van der Waals surface area contributed by atoms with Gasteiger partial charge in [-0.3, -0.25) is 9.78 Å². The Bertz CT molecular complexity index is 1110. The number of aryl methyl sites for hydroxylation is 1. The number of hydrogen-bond donors (Lipinski definition) is 1. The number of pyridine rings is 1. The van der Waals surface area contributed by atoms with E-state index in [9.17, 15) is 13.2 Å². The number of anilines is 1. The first kappa shape index (κ1) is 18.0. The number of amides is 1. The minimum atomic E-state index is -3.85. The van der Waals surface area contributed by atoms with Gasteiger partial charge in [0, 0.05) is 23.5 Å². The first-order chi connectivity index (χ1) is 13.0. The Hall–Kier alpha value is -2.36. The highest BCUT2D eigenvalue weighted by Gasteiger charge is 2.40. The number of thiazole rings is 1. The van der Waals surface area contributed by atoms with Gasteiger partial charge in [0.1, 0.15) is 10.9 Å². The van der Waals surface area contributed by atoms with Crippen LogP contribution in [0.1, 0.15) is 18.5 Å². The van der Waals surface area contributed by atoms with Crippen molar-refractivity contribution in [3.05, 3.63) is 47.6 Å². The molecule has 0 bridgehead atoms. The van der Waals surface area contributed by atoms with Gasteiger partial charge in [0.15, 0.2) is 5.13 Å². The van der Waals surface area contributed by atoms with Crippen LogP contribution in [-0.2, 0) is 14.8 Å². The molecule has 2 aromatic heterocycles. The monoisotopic (exact) mass is 402 g/mol. The number of nitrogens with zero attached hydrogens (tertiary/aromatic N) is 3. The van der Waals surface area contributed by atoms with Gasteiger partial charge in [-0.1, -0.05) is 18.2 Å². The van der Waals surface area contributed by atoms with Crippen LogP contribution in [0.15, 0.2) is 46.8 Å². The lowest BCUT2D eigenvalue weighted by Crippen LogP contribution is -2.43. The number of carbonyl (C=O) groups excluding carboxylic acids is 1. The van der Waals surface area contributed by atoms with Gasteiger partial charge in [-0.05, 0) is 31.9 Å². The minimum Gasteiger partial charge on any atom is -0.301 e. The first-order valence-corrected chi connectivity index (χ1v) is 10.9. The molecular formula is C18H18N4O3S2.